The van der Waals surface area contributed by atoms with E-state index in [0.29, 0.717) is 11.3 Å². The van der Waals surface area contributed by atoms with E-state index >= 15 is 0 Å². The zero-order valence-corrected chi connectivity index (χ0v) is 18.2. The lowest BCUT2D eigenvalue weighted by molar-refractivity contribution is 0.0645. The van der Waals surface area contributed by atoms with Crippen LogP contribution in [0, 0.1) is 0 Å². The monoisotopic (exact) mass is 418 g/mol. The first kappa shape index (κ1) is 21.6. The summed E-state index contributed by atoms with van der Waals surface area (Å²) in [6, 6.07) is 4.57. The second-order valence-electron chi connectivity index (χ2n) is 7.83. The van der Waals surface area contributed by atoms with Gasteiger partial charge in [-0.25, -0.2) is 8.42 Å². The van der Waals surface area contributed by atoms with Gasteiger partial charge in [0, 0.05) is 39.0 Å². The molecule has 1 saturated heterocycles. The number of amides is 1. The molecule has 158 valence electrons. The van der Waals surface area contributed by atoms with Crippen molar-refractivity contribution in [1.29, 1.82) is 0 Å². The third-order valence-electron chi connectivity index (χ3n) is 5.77. The highest BCUT2D eigenvalue weighted by molar-refractivity contribution is 7.90. The summed E-state index contributed by atoms with van der Waals surface area (Å²) in [6.45, 7) is 2.90. The molecule has 1 fully saturated rings. The molecule has 0 N–H and O–H groups in total. The van der Waals surface area contributed by atoms with Gasteiger partial charge in [0.05, 0.1) is 17.6 Å². The highest BCUT2D eigenvalue weighted by Gasteiger charge is 2.28. The summed E-state index contributed by atoms with van der Waals surface area (Å²) in [5.41, 5.74) is 1.76. The molecule has 2 aliphatic rings. The third-order valence-corrected chi connectivity index (χ3v) is 6.88. The Morgan fingerprint density at radius 3 is 2.55 bits per heavy atom. The fourth-order valence-electron chi connectivity index (χ4n) is 3.97. The van der Waals surface area contributed by atoms with Gasteiger partial charge in [0.1, 0.15) is 5.75 Å². The maximum atomic E-state index is 13.1. The molecule has 0 radical (unpaired) electrons. The number of ether oxygens (including phenoxy) is 1. The van der Waals surface area contributed by atoms with Crippen molar-refractivity contribution in [3.63, 3.8) is 0 Å². The first-order valence-electron chi connectivity index (χ1n) is 10.00. The van der Waals surface area contributed by atoms with Crippen LogP contribution in [0.25, 0.3) is 0 Å². The van der Waals surface area contributed by atoms with E-state index in [1.165, 1.54) is 24.8 Å². The van der Waals surface area contributed by atoms with E-state index in [0.717, 1.165) is 51.6 Å². The van der Waals surface area contributed by atoms with Gasteiger partial charge in [0.25, 0.3) is 5.91 Å². The van der Waals surface area contributed by atoms with E-state index < -0.39 is 9.84 Å². The Morgan fingerprint density at radius 2 is 1.97 bits per heavy atom. The van der Waals surface area contributed by atoms with Gasteiger partial charge in [-0.3, -0.25) is 9.69 Å². The van der Waals surface area contributed by atoms with Gasteiger partial charge < -0.3 is 9.64 Å². The summed E-state index contributed by atoms with van der Waals surface area (Å²) >= 11 is 0. The molecule has 1 aromatic rings. The SMILES string of the molecule is COc1ccc(S(C)(=O)=O)cc1C(=O)N(C)C1CCN(CC2=CCC=CC2)CC1. The van der Waals surface area contributed by atoms with Gasteiger partial charge in [-0.15, -0.1) is 0 Å². The average molecular weight is 419 g/mol. The van der Waals surface area contributed by atoms with Crippen molar-refractivity contribution in [1.82, 2.24) is 9.80 Å². The number of carbonyl (C=O) groups is 1. The molecule has 1 heterocycles. The molecule has 29 heavy (non-hydrogen) atoms. The van der Waals surface area contributed by atoms with Crippen molar-refractivity contribution in [2.75, 3.05) is 40.0 Å². The Morgan fingerprint density at radius 1 is 1.24 bits per heavy atom. The molecule has 7 heteroatoms. The summed E-state index contributed by atoms with van der Waals surface area (Å²) in [5, 5.41) is 0. The second kappa shape index (κ2) is 9.13. The smallest absolute Gasteiger partial charge is 0.257 e. The molecule has 1 amide bonds. The van der Waals surface area contributed by atoms with Crippen LogP contribution in [0.5, 0.6) is 5.75 Å². The van der Waals surface area contributed by atoms with Gasteiger partial charge in [0.2, 0.25) is 0 Å². The van der Waals surface area contributed by atoms with Crippen LogP contribution in [0.2, 0.25) is 0 Å². The summed E-state index contributed by atoms with van der Waals surface area (Å²) in [5.74, 6) is 0.190. The standard InChI is InChI=1S/C22H30N2O4S/c1-23(18-11-13-24(14-12-18)16-17-7-5-4-6-8-17)22(25)20-15-19(29(3,26)27)9-10-21(20)28-2/h4-5,8-10,15,18H,6-7,11-14,16H2,1-3H3. The minimum absolute atomic E-state index is 0.125. The van der Waals surface area contributed by atoms with Crippen LogP contribution in [-0.2, 0) is 9.84 Å². The van der Waals surface area contributed by atoms with Crippen LogP contribution in [0.1, 0.15) is 36.0 Å². The van der Waals surface area contributed by atoms with Gasteiger partial charge in [-0.2, -0.15) is 0 Å². The van der Waals surface area contributed by atoms with Crippen molar-refractivity contribution in [3.05, 3.63) is 47.6 Å². The Labute approximate surface area is 173 Å². The number of rotatable bonds is 6. The Bertz CT molecular complexity index is 913. The molecule has 0 unspecified atom stereocenters. The number of benzene rings is 1. The van der Waals surface area contributed by atoms with E-state index in [1.54, 1.807) is 18.0 Å². The number of allylic oxidation sites excluding steroid dienone is 3. The van der Waals surface area contributed by atoms with E-state index in [1.807, 2.05) is 0 Å². The zero-order chi connectivity index (χ0) is 21.0. The Kier molecular flexibility index (Phi) is 6.80. The summed E-state index contributed by atoms with van der Waals surface area (Å²) in [4.78, 5) is 17.4. The van der Waals surface area contributed by atoms with Crippen molar-refractivity contribution < 1.29 is 17.9 Å². The number of carbonyl (C=O) groups excluding carboxylic acids is 1. The predicted octanol–water partition coefficient (Wildman–Crippen LogP) is 2.91. The summed E-state index contributed by atoms with van der Waals surface area (Å²) < 4.78 is 29.1. The van der Waals surface area contributed by atoms with Crippen molar-refractivity contribution in [2.24, 2.45) is 0 Å². The fourth-order valence-corrected chi connectivity index (χ4v) is 4.62. The number of likely N-dealkylation sites (tertiary alicyclic amines) is 1. The maximum absolute atomic E-state index is 13.1. The molecule has 1 aliphatic heterocycles. The number of piperidine rings is 1. The van der Waals surface area contributed by atoms with Crippen LogP contribution in [-0.4, -0.2) is 70.2 Å². The van der Waals surface area contributed by atoms with E-state index in [2.05, 4.69) is 23.1 Å². The first-order chi connectivity index (χ1) is 13.8. The quantitative estimate of drug-likeness (QED) is 0.665. The Hall–Kier alpha value is -2.12. The van der Waals surface area contributed by atoms with Crippen LogP contribution >= 0.6 is 0 Å². The number of nitrogens with zero attached hydrogens (tertiary/aromatic N) is 2. The maximum Gasteiger partial charge on any atom is 0.257 e. The lowest BCUT2D eigenvalue weighted by atomic mass is 10.00. The molecule has 1 aromatic carbocycles. The predicted molar refractivity (Wildman–Crippen MR) is 114 cm³/mol. The van der Waals surface area contributed by atoms with E-state index in [9.17, 15) is 13.2 Å². The molecule has 0 atom stereocenters. The molecular weight excluding hydrogens is 388 g/mol. The van der Waals surface area contributed by atoms with Crippen LogP contribution < -0.4 is 4.74 Å². The van der Waals surface area contributed by atoms with Crippen molar-refractivity contribution in [3.8, 4) is 5.75 Å². The fraction of sp³-hybridized carbons (Fsp3) is 0.500. The van der Waals surface area contributed by atoms with Crippen LogP contribution in [0.4, 0.5) is 0 Å². The van der Waals surface area contributed by atoms with Crippen molar-refractivity contribution >= 4 is 15.7 Å². The third kappa shape index (κ3) is 5.28. The molecule has 0 spiro atoms. The second-order valence-corrected chi connectivity index (χ2v) is 9.85. The number of hydrogen-bond acceptors (Lipinski definition) is 5. The van der Waals surface area contributed by atoms with Gasteiger partial charge in [-0.1, -0.05) is 23.8 Å². The van der Waals surface area contributed by atoms with Crippen LogP contribution in [0.3, 0.4) is 0 Å². The molecule has 0 bridgehead atoms. The highest BCUT2D eigenvalue weighted by atomic mass is 32.2. The molecule has 6 nitrogen and oxygen atoms in total. The highest BCUT2D eigenvalue weighted by Crippen LogP contribution is 2.26. The number of methoxy groups -OCH3 is 1. The van der Waals surface area contributed by atoms with E-state index in [4.69, 9.17) is 4.74 Å². The average Bonchev–Trinajstić information content (AvgIpc) is 2.73. The molecule has 3 rings (SSSR count). The van der Waals surface area contributed by atoms with Gasteiger partial charge >= 0.3 is 0 Å². The normalized spacial score (nSPS) is 18.4. The first-order valence-corrected chi connectivity index (χ1v) is 11.9. The molecule has 1 aliphatic carbocycles. The molecular formula is C22H30N2O4S. The van der Waals surface area contributed by atoms with E-state index in [-0.39, 0.29) is 16.8 Å². The lowest BCUT2D eigenvalue weighted by Gasteiger charge is -2.37. The Balaban J connectivity index is 1.66. The number of sulfone groups is 1. The molecule has 0 aromatic heterocycles. The lowest BCUT2D eigenvalue weighted by Crippen LogP contribution is -2.46. The topological polar surface area (TPSA) is 66.9 Å². The van der Waals surface area contributed by atoms with Crippen molar-refractivity contribution in [2.45, 2.75) is 36.6 Å². The summed E-state index contributed by atoms with van der Waals surface area (Å²) in [7, 11) is -0.118. The zero-order valence-electron chi connectivity index (χ0n) is 17.4. The van der Waals surface area contributed by atoms with Crippen LogP contribution in [0.15, 0.2) is 46.9 Å². The van der Waals surface area contributed by atoms with Gasteiger partial charge in [-0.05, 0) is 43.9 Å². The largest absolute Gasteiger partial charge is 0.496 e. The minimum atomic E-state index is -3.40. The molecule has 0 saturated carbocycles. The summed E-state index contributed by atoms with van der Waals surface area (Å²) in [6.07, 6.45) is 11.7. The minimum Gasteiger partial charge on any atom is -0.496 e. The van der Waals surface area contributed by atoms with Gasteiger partial charge in [0.15, 0.2) is 9.84 Å². The number of hydrogen-bond donors (Lipinski definition) is 0.